The lowest BCUT2D eigenvalue weighted by molar-refractivity contribution is -0.137. The van der Waals surface area contributed by atoms with E-state index in [4.69, 9.17) is 0 Å². The molecule has 1 aromatic heterocycles. The predicted octanol–water partition coefficient (Wildman–Crippen LogP) is 3.80. The van der Waals surface area contributed by atoms with Crippen molar-refractivity contribution < 1.29 is 9.90 Å². The minimum Gasteiger partial charge on any atom is -0.481 e. The van der Waals surface area contributed by atoms with Crippen molar-refractivity contribution in [2.24, 2.45) is 0 Å². The zero-order valence-corrected chi connectivity index (χ0v) is 16.5. The van der Waals surface area contributed by atoms with Gasteiger partial charge in [-0.25, -0.2) is 0 Å². The van der Waals surface area contributed by atoms with Gasteiger partial charge >= 0.3 is 5.97 Å². The number of carboxylic acid groups (broad SMARTS) is 1. The van der Waals surface area contributed by atoms with Crippen LogP contribution in [0.25, 0.3) is 10.9 Å². The molecule has 0 radical (unpaired) electrons. The lowest BCUT2D eigenvalue weighted by Crippen LogP contribution is -2.38. The van der Waals surface area contributed by atoms with Crippen molar-refractivity contribution in [1.29, 1.82) is 0 Å². The number of carboxylic acids is 1. The number of aryl methyl sites for hydroxylation is 1. The van der Waals surface area contributed by atoms with E-state index in [1.165, 1.54) is 11.1 Å². The third-order valence-electron chi connectivity index (χ3n) is 5.15. The van der Waals surface area contributed by atoms with Crippen LogP contribution < -0.4 is 10.6 Å². The number of para-hydroxylation sites is 1. The van der Waals surface area contributed by atoms with E-state index in [2.05, 4.69) is 59.8 Å². The number of benzene rings is 2. The molecule has 1 heterocycles. The Labute approximate surface area is 166 Å². The summed E-state index contributed by atoms with van der Waals surface area (Å²) in [5.41, 5.74) is 4.74. The third-order valence-corrected chi connectivity index (χ3v) is 5.15. The van der Waals surface area contributed by atoms with Crippen LogP contribution in [0.15, 0.2) is 54.7 Å². The Morgan fingerprint density at radius 1 is 1.07 bits per heavy atom. The van der Waals surface area contributed by atoms with Gasteiger partial charge in [-0.3, -0.25) is 4.79 Å². The second-order valence-electron chi connectivity index (χ2n) is 7.40. The molecule has 0 fully saturated rings. The summed E-state index contributed by atoms with van der Waals surface area (Å²) in [6.45, 7) is 5.73. The third kappa shape index (κ3) is 5.44. The number of aromatic amines is 1. The molecule has 0 amide bonds. The average Bonchev–Trinajstić information content (AvgIpc) is 3.08. The fourth-order valence-corrected chi connectivity index (χ4v) is 3.53. The van der Waals surface area contributed by atoms with E-state index >= 15 is 0 Å². The minimum absolute atomic E-state index is 0.104. The zero-order valence-electron chi connectivity index (χ0n) is 16.5. The normalized spacial score (nSPS) is 13.5. The highest BCUT2D eigenvalue weighted by molar-refractivity contribution is 5.83. The Hall–Kier alpha value is -2.63. The summed E-state index contributed by atoms with van der Waals surface area (Å²) in [5.74, 6) is -0.779. The Balaban J connectivity index is 1.52. The van der Waals surface area contributed by atoms with Crippen LogP contribution in [0, 0.1) is 6.92 Å². The highest BCUT2D eigenvalue weighted by Crippen LogP contribution is 2.19. The molecular weight excluding hydrogens is 350 g/mol. The molecule has 2 atom stereocenters. The summed E-state index contributed by atoms with van der Waals surface area (Å²) >= 11 is 0. The molecule has 5 nitrogen and oxygen atoms in total. The van der Waals surface area contributed by atoms with Gasteiger partial charge in [-0.15, -0.1) is 0 Å². The van der Waals surface area contributed by atoms with Crippen molar-refractivity contribution >= 4 is 16.9 Å². The number of H-pyrrole nitrogens is 1. The fourth-order valence-electron chi connectivity index (χ4n) is 3.53. The van der Waals surface area contributed by atoms with E-state index in [0.717, 1.165) is 29.6 Å². The Kier molecular flexibility index (Phi) is 6.85. The van der Waals surface area contributed by atoms with Crippen LogP contribution in [0.5, 0.6) is 0 Å². The molecule has 28 heavy (non-hydrogen) atoms. The maximum Gasteiger partial charge on any atom is 0.304 e. The second kappa shape index (κ2) is 9.53. The molecule has 0 bridgehead atoms. The summed E-state index contributed by atoms with van der Waals surface area (Å²) in [6, 6.07) is 16.8. The first kappa shape index (κ1) is 20.1. The van der Waals surface area contributed by atoms with E-state index in [9.17, 15) is 9.90 Å². The molecule has 4 N–H and O–H groups in total. The number of hydrogen-bond acceptors (Lipinski definition) is 3. The van der Waals surface area contributed by atoms with Gasteiger partial charge in [0.25, 0.3) is 0 Å². The van der Waals surface area contributed by atoms with Gasteiger partial charge < -0.3 is 20.7 Å². The highest BCUT2D eigenvalue weighted by Gasteiger charge is 2.15. The molecule has 1 unspecified atom stereocenters. The van der Waals surface area contributed by atoms with Gasteiger partial charge in [0.2, 0.25) is 0 Å². The number of fused-ring (bicyclic) bond motifs is 1. The van der Waals surface area contributed by atoms with Crippen LogP contribution in [0.1, 0.15) is 36.1 Å². The highest BCUT2D eigenvalue weighted by atomic mass is 16.4. The van der Waals surface area contributed by atoms with Gasteiger partial charge in [0.05, 0.1) is 6.42 Å². The summed E-state index contributed by atoms with van der Waals surface area (Å²) in [6.07, 6.45) is 2.77. The second-order valence-corrected chi connectivity index (χ2v) is 7.40. The SMILES string of the molecule is Cc1ccc(C(C)NCCN[C@H](CC(=O)O)Cc2c[nH]c3ccccc23)cc1. The molecule has 0 aliphatic heterocycles. The molecular formula is C23H29N3O2. The van der Waals surface area contributed by atoms with Crippen LogP contribution >= 0.6 is 0 Å². The number of aliphatic carboxylic acids is 1. The number of carbonyl (C=O) groups is 1. The first-order valence-corrected chi connectivity index (χ1v) is 9.83. The molecule has 0 saturated carbocycles. The monoisotopic (exact) mass is 379 g/mol. The van der Waals surface area contributed by atoms with E-state index < -0.39 is 5.97 Å². The van der Waals surface area contributed by atoms with Gasteiger partial charge in [-0.2, -0.15) is 0 Å². The van der Waals surface area contributed by atoms with Crippen LogP contribution in [0.2, 0.25) is 0 Å². The summed E-state index contributed by atoms with van der Waals surface area (Å²) < 4.78 is 0. The number of nitrogens with one attached hydrogen (secondary N) is 3. The van der Waals surface area contributed by atoms with E-state index in [-0.39, 0.29) is 18.5 Å². The van der Waals surface area contributed by atoms with Gasteiger partial charge in [-0.1, -0.05) is 48.0 Å². The van der Waals surface area contributed by atoms with Crippen molar-refractivity contribution in [3.8, 4) is 0 Å². The van der Waals surface area contributed by atoms with E-state index in [1.807, 2.05) is 24.4 Å². The number of aromatic nitrogens is 1. The van der Waals surface area contributed by atoms with Crippen molar-refractivity contribution in [2.45, 2.75) is 38.8 Å². The van der Waals surface area contributed by atoms with Crippen molar-refractivity contribution in [2.75, 3.05) is 13.1 Å². The molecule has 3 rings (SSSR count). The lowest BCUT2D eigenvalue weighted by Gasteiger charge is -2.19. The van der Waals surface area contributed by atoms with Crippen LogP contribution in [-0.4, -0.2) is 35.2 Å². The topological polar surface area (TPSA) is 77.2 Å². The number of rotatable bonds is 10. The van der Waals surface area contributed by atoms with E-state index in [1.54, 1.807) is 0 Å². The molecule has 0 aliphatic carbocycles. The summed E-state index contributed by atoms with van der Waals surface area (Å²) in [7, 11) is 0. The van der Waals surface area contributed by atoms with E-state index in [0.29, 0.717) is 6.42 Å². The molecule has 0 aliphatic rings. The van der Waals surface area contributed by atoms with Crippen LogP contribution in [-0.2, 0) is 11.2 Å². The maximum atomic E-state index is 11.3. The standard InChI is InChI=1S/C23H29N3O2/c1-16-7-9-18(10-8-16)17(2)24-11-12-25-20(14-23(27)28)13-19-15-26-22-6-4-3-5-21(19)22/h3-10,15,17,20,24-26H,11-14H2,1-2H3,(H,27,28)/t17?,20-/m0/s1. The first-order valence-electron chi connectivity index (χ1n) is 9.83. The fraction of sp³-hybridized carbons (Fsp3) is 0.348. The van der Waals surface area contributed by atoms with Gasteiger partial charge in [0, 0.05) is 42.3 Å². The minimum atomic E-state index is -0.779. The van der Waals surface area contributed by atoms with Crippen LogP contribution in [0.4, 0.5) is 0 Å². The van der Waals surface area contributed by atoms with Gasteiger partial charge in [-0.05, 0) is 37.5 Å². The molecule has 2 aromatic carbocycles. The van der Waals surface area contributed by atoms with Gasteiger partial charge in [0.1, 0.15) is 0 Å². The predicted molar refractivity (Wildman–Crippen MR) is 114 cm³/mol. The largest absolute Gasteiger partial charge is 0.481 e. The smallest absolute Gasteiger partial charge is 0.304 e. The molecule has 3 aromatic rings. The lowest BCUT2D eigenvalue weighted by atomic mass is 10.0. The Morgan fingerprint density at radius 3 is 2.54 bits per heavy atom. The molecule has 148 valence electrons. The Morgan fingerprint density at radius 2 is 1.79 bits per heavy atom. The number of hydrogen-bond donors (Lipinski definition) is 4. The maximum absolute atomic E-state index is 11.3. The van der Waals surface area contributed by atoms with Crippen molar-refractivity contribution in [3.63, 3.8) is 0 Å². The van der Waals surface area contributed by atoms with Gasteiger partial charge in [0.15, 0.2) is 0 Å². The zero-order chi connectivity index (χ0) is 19.9. The summed E-state index contributed by atoms with van der Waals surface area (Å²) in [4.78, 5) is 14.6. The molecule has 0 spiro atoms. The molecule has 0 saturated heterocycles. The Bertz CT molecular complexity index is 902. The quantitative estimate of drug-likeness (QED) is 0.404. The average molecular weight is 380 g/mol. The first-order chi connectivity index (χ1) is 13.5. The summed E-state index contributed by atoms with van der Waals surface area (Å²) in [5, 5.41) is 17.3. The molecule has 5 heteroatoms. The van der Waals surface area contributed by atoms with Crippen LogP contribution in [0.3, 0.4) is 0 Å². The van der Waals surface area contributed by atoms with Crippen molar-refractivity contribution in [3.05, 3.63) is 71.4 Å². The van der Waals surface area contributed by atoms with Crippen molar-refractivity contribution in [1.82, 2.24) is 15.6 Å².